The number of carbonyl (C=O) groups excluding carboxylic acids is 1. The van der Waals surface area contributed by atoms with Crippen molar-refractivity contribution in [1.82, 2.24) is 9.88 Å². The lowest BCUT2D eigenvalue weighted by Gasteiger charge is -2.18. The second-order valence-electron chi connectivity index (χ2n) is 6.14. The number of carbonyl (C=O) groups is 1. The van der Waals surface area contributed by atoms with E-state index in [2.05, 4.69) is 6.07 Å². The highest BCUT2D eigenvalue weighted by atomic mass is 16.2. The number of aromatic nitrogens is 1. The molecule has 0 fully saturated rings. The molecular formula is C22H21N3O. The molecule has 0 aliphatic heterocycles. The van der Waals surface area contributed by atoms with Crippen LogP contribution >= 0.6 is 0 Å². The quantitative estimate of drug-likeness (QED) is 0.697. The van der Waals surface area contributed by atoms with Crippen molar-refractivity contribution in [2.75, 3.05) is 13.1 Å². The predicted octanol–water partition coefficient (Wildman–Crippen LogP) is 4.56. The monoisotopic (exact) mass is 343 g/mol. The molecule has 3 aromatic rings. The number of nitrogens with zero attached hydrogens (tertiary/aromatic N) is 3. The van der Waals surface area contributed by atoms with E-state index in [1.807, 2.05) is 69.3 Å². The minimum Gasteiger partial charge on any atom is -0.339 e. The van der Waals surface area contributed by atoms with Crippen molar-refractivity contribution in [2.24, 2.45) is 0 Å². The number of nitriles is 1. The first-order chi connectivity index (χ1) is 12.6. The number of para-hydroxylation sites is 1. The highest BCUT2D eigenvalue weighted by Crippen LogP contribution is 2.29. The molecule has 1 aromatic heterocycles. The molecule has 0 atom stereocenters. The molecule has 0 N–H and O–H groups in total. The summed E-state index contributed by atoms with van der Waals surface area (Å²) >= 11 is 0. The Kier molecular flexibility index (Phi) is 4.99. The average Bonchev–Trinajstić information content (AvgIpc) is 2.69. The lowest BCUT2D eigenvalue weighted by atomic mass is 9.98. The van der Waals surface area contributed by atoms with E-state index in [1.54, 1.807) is 4.90 Å². The Morgan fingerprint density at radius 2 is 1.73 bits per heavy atom. The number of hydrogen-bond donors (Lipinski definition) is 0. The summed E-state index contributed by atoms with van der Waals surface area (Å²) in [7, 11) is 0. The maximum absolute atomic E-state index is 12.5. The van der Waals surface area contributed by atoms with Crippen LogP contribution in [0.5, 0.6) is 0 Å². The van der Waals surface area contributed by atoms with Crippen LogP contribution in [-0.2, 0) is 0 Å². The van der Waals surface area contributed by atoms with Crippen molar-refractivity contribution in [3.8, 4) is 17.3 Å². The zero-order chi connectivity index (χ0) is 18.7. The summed E-state index contributed by atoms with van der Waals surface area (Å²) in [5.74, 6) is 0.0182. The third-order valence-electron chi connectivity index (χ3n) is 4.72. The number of benzene rings is 2. The van der Waals surface area contributed by atoms with Gasteiger partial charge in [0.2, 0.25) is 0 Å². The van der Waals surface area contributed by atoms with Gasteiger partial charge in [0.05, 0.1) is 16.8 Å². The Morgan fingerprint density at radius 1 is 1.08 bits per heavy atom. The number of amides is 1. The van der Waals surface area contributed by atoms with Gasteiger partial charge < -0.3 is 4.90 Å². The van der Waals surface area contributed by atoms with Crippen LogP contribution in [0.15, 0.2) is 48.5 Å². The van der Waals surface area contributed by atoms with Crippen molar-refractivity contribution in [3.05, 3.63) is 65.2 Å². The fraction of sp³-hybridized carbons (Fsp3) is 0.227. The lowest BCUT2D eigenvalue weighted by Crippen LogP contribution is -2.30. The summed E-state index contributed by atoms with van der Waals surface area (Å²) in [5, 5.41) is 10.6. The molecule has 3 rings (SSSR count). The van der Waals surface area contributed by atoms with Gasteiger partial charge in [0, 0.05) is 29.6 Å². The zero-order valence-electron chi connectivity index (χ0n) is 15.3. The third-order valence-corrected chi connectivity index (χ3v) is 4.72. The van der Waals surface area contributed by atoms with Crippen molar-refractivity contribution in [1.29, 1.82) is 5.26 Å². The average molecular weight is 343 g/mol. The van der Waals surface area contributed by atoms with Gasteiger partial charge in [0.15, 0.2) is 0 Å². The van der Waals surface area contributed by atoms with Gasteiger partial charge in [-0.05, 0) is 44.5 Å². The number of fused-ring (bicyclic) bond motifs is 1. The van der Waals surface area contributed by atoms with Gasteiger partial charge in [-0.3, -0.25) is 4.79 Å². The van der Waals surface area contributed by atoms with Crippen molar-refractivity contribution >= 4 is 16.8 Å². The fourth-order valence-corrected chi connectivity index (χ4v) is 3.19. The van der Waals surface area contributed by atoms with Gasteiger partial charge in [-0.2, -0.15) is 5.26 Å². The minimum absolute atomic E-state index is 0.0182. The SMILES string of the molecule is CCN(CC)C(=O)c1ccc(-c2nc3ccccc3c(C)c2C#N)cc1. The fourth-order valence-electron chi connectivity index (χ4n) is 3.19. The Bertz CT molecular complexity index is 996. The molecule has 0 spiro atoms. The maximum Gasteiger partial charge on any atom is 0.253 e. The molecule has 0 aliphatic rings. The minimum atomic E-state index is 0.0182. The van der Waals surface area contributed by atoms with Gasteiger partial charge in [-0.15, -0.1) is 0 Å². The van der Waals surface area contributed by atoms with Crippen LogP contribution in [0.25, 0.3) is 22.2 Å². The molecule has 0 saturated carbocycles. The van der Waals surface area contributed by atoms with Crippen LogP contribution in [0.1, 0.15) is 35.3 Å². The number of pyridine rings is 1. The van der Waals surface area contributed by atoms with E-state index < -0.39 is 0 Å². The Hall–Kier alpha value is -3.19. The van der Waals surface area contributed by atoms with Crippen LogP contribution < -0.4 is 0 Å². The van der Waals surface area contributed by atoms with Crippen LogP contribution in [0.4, 0.5) is 0 Å². The predicted molar refractivity (Wildman–Crippen MR) is 104 cm³/mol. The summed E-state index contributed by atoms with van der Waals surface area (Å²) in [6.07, 6.45) is 0. The highest BCUT2D eigenvalue weighted by Gasteiger charge is 2.16. The summed E-state index contributed by atoms with van der Waals surface area (Å²) < 4.78 is 0. The maximum atomic E-state index is 12.5. The molecule has 0 aliphatic carbocycles. The second kappa shape index (κ2) is 7.37. The molecule has 2 aromatic carbocycles. The van der Waals surface area contributed by atoms with E-state index in [9.17, 15) is 10.1 Å². The number of aryl methyl sites for hydroxylation is 1. The zero-order valence-corrected chi connectivity index (χ0v) is 15.3. The number of rotatable bonds is 4. The molecule has 0 radical (unpaired) electrons. The lowest BCUT2D eigenvalue weighted by molar-refractivity contribution is 0.0773. The van der Waals surface area contributed by atoms with Gasteiger partial charge >= 0.3 is 0 Å². The normalized spacial score (nSPS) is 10.5. The first-order valence-corrected chi connectivity index (χ1v) is 8.79. The van der Waals surface area contributed by atoms with E-state index in [0.717, 1.165) is 22.0 Å². The molecule has 130 valence electrons. The molecule has 4 nitrogen and oxygen atoms in total. The molecule has 1 heterocycles. The Labute approximate surface area is 153 Å². The Morgan fingerprint density at radius 3 is 2.35 bits per heavy atom. The molecule has 0 saturated heterocycles. The van der Waals surface area contributed by atoms with Gasteiger partial charge in [-0.25, -0.2) is 4.98 Å². The summed E-state index contributed by atoms with van der Waals surface area (Å²) in [4.78, 5) is 19.0. The molecule has 4 heteroatoms. The molecule has 0 unspecified atom stereocenters. The topological polar surface area (TPSA) is 57.0 Å². The first-order valence-electron chi connectivity index (χ1n) is 8.79. The van der Waals surface area contributed by atoms with Crippen molar-refractivity contribution < 1.29 is 4.79 Å². The van der Waals surface area contributed by atoms with Crippen molar-refractivity contribution in [2.45, 2.75) is 20.8 Å². The van der Waals surface area contributed by atoms with Crippen LogP contribution in [-0.4, -0.2) is 28.9 Å². The van der Waals surface area contributed by atoms with E-state index >= 15 is 0 Å². The van der Waals surface area contributed by atoms with E-state index in [1.165, 1.54) is 0 Å². The van der Waals surface area contributed by atoms with E-state index in [0.29, 0.717) is 29.9 Å². The summed E-state index contributed by atoms with van der Waals surface area (Å²) in [5.41, 5.74) is 4.51. The molecule has 1 amide bonds. The largest absolute Gasteiger partial charge is 0.339 e. The smallest absolute Gasteiger partial charge is 0.253 e. The van der Waals surface area contributed by atoms with E-state index in [-0.39, 0.29) is 5.91 Å². The summed E-state index contributed by atoms with van der Waals surface area (Å²) in [6.45, 7) is 7.25. The summed E-state index contributed by atoms with van der Waals surface area (Å²) in [6, 6.07) is 17.5. The van der Waals surface area contributed by atoms with Gasteiger partial charge in [-0.1, -0.05) is 30.3 Å². The highest BCUT2D eigenvalue weighted by molar-refractivity contribution is 5.95. The Balaban J connectivity index is 2.07. The molecule has 0 bridgehead atoms. The van der Waals surface area contributed by atoms with Crippen LogP contribution in [0, 0.1) is 18.3 Å². The molecular weight excluding hydrogens is 322 g/mol. The van der Waals surface area contributed by atoms with E-state index in [4.69, 9.17) is 4.98 Å². The van der Waals surface area contributed by atoms with Crippen LogP contribution in [0.3, 0.4) is 0 Å². The van der Waals surface area contributed by atoms with Gasteiger partial charge in [0.25, 0.3) is 5.91 Å². The van der Waals surface area contributed by atoms with Gasteiger partial charge in [0.1, 0.15) is 6.07 Å². The third kappa shape index (κ3) is 3.04. The van der Waals surface area contributed by atoms with Crippen molar-refractivity contribution in [3.63, 3.8) is 0 Å². The second-order valence-corrected chi connectivity index (χ2v) is 6.14. The number of hydrogen-bond acceptors (Lipinski definition) is 3. The first kappa shape index (κ1) is 17.6. The standard InChI is InChI=1S/C22H21N3O/c1-4-25(5-2)22(26)17-12-10-16(11-13-17)21-19(14-23)15(3)18-8-6-7-9-20(18)24-21/h6-13H,4-5H2,1-3H3. The van der Waals surface area contributed by atoms with Crippen LogP contribution in [0.2, 0.25) is 0 Å². The molecule has 26 heavy (non-hydrogen) atoms.